The highest BCUT2D eigenvalue weighted by Crippen LogP contribution is 2.37. The van der Waals surface area contributed by atoms with Crippen molar-refractivity contribution < 1.29 is 18.3 Å². The lowest BCUT2D eigenvalue weighted by Gasteiger charge is -2.29. The van der Waals surface area contributed by atoms with Crippen molar-refractivity contribution >= 4 is 16.0 Å². The van der Waals surface area contributed by atoms with Crippen LogP contribution in [0.4, 0.5) is 0 Å². The molecule has 7 nitrogen and oxygen atoms in total. The lowest BCUT2D eigenvalue weighted by Crippen LogP contribution is -2.37. The van der Waals surface area contributed by atoms with Crippen LogP contribution in [0.15, 0.2) is 6.20 Å². The van der Waals surface area contributed by atoms with Gasteiger partial charge in [0.25, 0.3) is 0 Å². The Hall–Kier alpha value is -1.41. The van der Waals surface area contributed by atoms with Crippen LogP contribution in [0.2, 0.25) is 0 Å². The van der Waals surface area contributed by atoms with Crippen molar-refractivity contribution in [1.29, 1.82) is 0 Å². The quantitative estimate of drug-likeness (QED) is 0.897. The number of sulfonamides is 1. The van der Waals surface area contributed by atoms with Gasteiger partial charge in [-0.3, -0.25) is 4.68 Å². The van der Waals surface area contributed by atoms with Crippen LogP contribution in [-0.4, -0.2) is 52.9 Å². The summed E-state index contributed by atoms with van der Waals surface area (Å²) in [4.78, 5) is 11.4. The molecule has 1 aliphatic carbocycles. The average molecular weight is 313 g/mol. The Morgan fingerprint density at radius 1 is 1.29 bits per heavy atom. The average Bonchev–Trinajstić information content (AvgIpc) is 3.16. The van der Waals surface area contributed by atoms with E-state index >= 15 is 0 Å². The maximum Gasteiger partial charge on any atom is 0.339 e. The molecule has 8 heteroatoms. The van der Waals surface area contributed by atoms with Crippen LogP contribution in [-0.2, 0) is 10.0 Å². The van der Waals surface area contributed by atoms with Crippen LogP contribution in [0.3, 0.4) is 0 Å². The van der Waals surface area contributed by atoms with Crippen LogP contribution in [0.1, 0.15) is 53.7 Å². The Bertz CT molecular complexity index is 655. The summed E-state index contributed by atoms with van der Waals surface area (Å²) in [5, 5.41) is 13.8. The molecule has 2 fully saturated rings. The molecule has 0 radical (unpaired) electrons. The summed E-state index contributed by atoms with van der Waals surface area (Å²) < 4.78 is 26.2. The van der Waals surface area contributed by atoms with Crippen molar-refractivity contribution in [1.82, 2.24) is 14.1 Å². The van der Waals surface area contributed by atoms with Crippen LogP contribution >= 0.6 is 0 Å². The third kappa shape index (κ3) is 2.96. The van der Waals surface area contributed by atoms with Gasteiger partial charge in [-0.2, -0.15) is 5.10 Å². The minimum absolute atomic E-state index is 0.0223. The molecule has 2 aliphatic rings. The highest BCUT2D eigenvalue weighted by Gasteiger charge is 2.32. The van der Waals surface area contributed by atoms with Gasteiger partial charge >= 0.3 is 5.97 Å². The monoisotopic (exact) mass is 313 g/mol. The van der Waals surface area contributed by atoms with Crippen molar-refractivity contribution in [3.8, 4) is 0 Å². The molecule has 0 amide bonds. The third-order valence-corrected chi connectivity index (χ3v) is 5.52. The van der Waals surface area contributed by atoms with Crippen molar-refractivity contribution in [2.75, 3.05) is 19.3 Å². The molecule has 1 saturated heterocycles. The van der Waals surface area contributed by atoms with Crippen LogP contribution in [0.5, 0.6) is 0 Å². The highest BCUT2D eigenvalue weighted by atomic mass is 32.2. The van der Waals surface area contributed by atoms with Gasteiger partial charge in [-0.05, 0) is 25.7 Å². The van der Waals surface area contributed by atoms with E-state index in [2.05, 4.69) is 5.10 Å². The number of hydrogen-bond donors (Lipinski definition) is 1. The second-order valence-corrected chi connectivity index (χ2v) is 7.86. The number of carboxylic acids is 1. The Kier molecular flexibility index (Phi) is 3.53. The first-order valence-corrected chi connectivity index (χ1v) is 8.98. The normalized spacial score (nSPS) is 21.6. The Morgan fingerprint density at radius 3 is 2.38 bits per heavy atom. The number of aromatic nitrogens is 2. The SMILES string of the molecule is CS(=O)(=O)N1CCC(c2nn(C3CC3)cc2C(=O)O)CC1. The minimum atomic E-state index is -3.16. The van der Waals surface area contributed by atoms with E-state index < -0.39 is 16.0 Å². The standard InChI is InChI=1S/C13H19N3O4S/c1-21(19,20)15-6-4-9(5-7-15)12-11(13(17)18)8-16(14-12)10-2-3-10/h8-10H,2-7H2,1H3,(H,17,18). The summed E-state index contributed by atoms with van der Waals surface area (Å²) in [6.07, 6.45) is 6.17. The predicted octanol–water partition coefficient (Wildman–Crippen LogP) is 1.06. The van der Waals surface area contributed by atoms with E-state index in [1.165, 1.54) is 10.6 Å². The third-order valence-electron chi connectivity index (χ3n) is 4.22. The fourth-order valence-corrected chi connectivity index (χ4v) is 3.73. The van der Waals surface area contributed by atoms with Gasteiger partial charge < -0.3 is 5.11 Å². The van der Waals surface area contributed by atoms with Gasteiger partial charge in [0.15, 0.2) is 0 Å². The second kappa shape index (κ2) is 5.10. The zero-order chi connectivity index (χ0) is 15.2. The molecule has 116 valence electrons. The Morgan fingerprint density at radius 2 is 1.90 bits per heavy atom. The first-order chi connectivity index (χ1) is 9.86. The lowest BCUT2D eigenvalue weighted by molar-refractivity contribution is 0.0694. The Labute approximate surface area is 123 Å². The largest absolute Gasteiger partial charge is 0.478 e. The predicted molar refractivity (Wildman–Crippen MR) is 75.8 cm³/mol. The summed E-state index contributed by atoms with van der Waals surface area (Å²) >= 11 is 0. The maximum absolute atomic E-state index is 11.5. The van der Waals surface area contributed by atoms with Crippen molar-refractivity contribution in [3.05, 3.63) is 17.5 Å². The molecule has 1 N–H and O–H groups in total. The molecule has 0 spiro atoms. The molecule has 1 aliphatic heterocycles. The van der Waals surface area contributed by atoms with Crippen LogP contribution in [0.25, 0.3) is 0 Å². The Balaban J connectivity index is 1.80. The first kappa shape index (κ1) is 14.5. The number of rotatable bonds is 4. The fourth-order valence-electron chi connectivity index (χ4n) is 2.86. The zero-order valence-corrected chi connectivity index (χ0v) is 12.7. The number of nitrogens with zero attached hydrogens (tertiary/aromatic N) is 3. The zero-order valence-electron chi connectivity index (χ0n) is 11.9. The fraction of sp³-hybridized carbons (Fsp3) is 0.692. The van der Waals surface area contributed by atoms with E-state index in [0.717, 1.165) is 12.8 Å². The molecule has 0 aromatic carbocycles. The van der Waals surface area contributed by atoms with E-state index in [1.807, 2.05) is 0 Å². The molecule has 1 saturated carbocycles. The summed E-state index contributed by atoms with van der Waals surface area (Å²) in [5.74, 6) is -0.934. The van der Waals surface area contributed by atoms with Crippen LogP contribution < -0.4 is 0 Å². The van der Waals surface area contributed by atoms with E-state index in [1.54, 1.807) is 10.9 Å². The maximum atomic E-state index is 11.5. The number of aromatic carboxylic acids is 1. The lowest BCUT2D eigenvalue weighted by atomic mass is 9.92. The number of carboxylic acid groups (broad SMARTS) is 1. The first-order valence-electron chi connectivity index (χ1n) is 7.13. The second-order valence-electron chi connectivity index (χ2n) is 5.88. The highest BCUT2D eigenvalue weighted by molar-refractivity contribution is 7.88. The molecule has 1 aromatic heterocycles. The molecule has 0 bridgehead atoms. The van der Waals surface area contributed by atoms with Gasteiger partial charge in [-0.15, -0.1) is 0 Å². The number of hydrogen-bond acceptors (Lipinski definition) is 4. The summed E-state index contributed by atoms with van der Waals surface area (Å²) in [6.45, 7) is 0.859. The van der Waals surface area contributed by atoms with Gasteiger partial charge in [0.2, 0.25) is 10.0 Å². The van der Waals surface area contributed by atoms with Crippen molar-refractivity contribution in [3.63, 3.8) is 0 Å². The topological polar surface area (TPSA) is 92.5 Å². The summed E-state index contributed by atoms with van der Waals surface area (Å²) in [7, 11) is -3.16. The molecule has 0 atom stereocenters. The molecular weight excluding hydrogens is 294 g/mol. The molecule has 0 unspecified atom stereocenters. The van der Waals surface area contributed by atoms with E-state index in [9.17, 15) is 18.3 Å². The van der Waals surface area contributed by atoms with Gasteiger partial charge in [-0.25, -0.2) is 17.5 Å². The summed E-state index contributed by atoms with van der Waals surface area (Å²) in [5.41, 5.74) is 0.877. The number of carbonyl (C=O) groups is 1. The number of piperidine rings is 1. The molecule has 1 aromatic rings. The van der Waals surface area contributed by atoms with Gasteiger partial charge in [0, 0.05) is 25.2 Å². The minimum Gasteiger partial charge on any atom is -0.478 e. The molecule has 2 heterocycles. The van der Waals surface area contributed by atoms with Crippen molar-refractivity contribution in [2.45, 2.75) is 37.6 Å². The van der Waals surface area contributed by atoms with Crippen LogP contribution in [0, 0.1) is 0 Å². The van der Waals surface area contributed by atoms with E-state index in [-0.39, 0.29) is 11.5 Å². The molecular formula is C13H19N3O4S. The van der Waals surface area contributed by atoms with Gasteiger partial charge in [0.1, 0.15) is 5.56 Å². The van der Waals surface area contributed by atoms with Crippen molar-refractivity contribution in [2.24, 2.45) is 0 Å². The summed E-state index contributed by atoms with van der Waals surface area (Å²) in [6, 6.07) is 0.341. The van der Waals surface area contributed by atoms with E-state index in [4.69, 9.17) is 0 Å². The van der Waals surface area contributed by atoms with Gasteiger partial charge in [0.05, 0.1) is 18.0 Å². The van der Waals surface area contributed by atoms with E-state index in [0.29, 0.717) is 37.7 Å². The van der Waals surface area contributed by atoms with Gasteiger partial charge in [-0.1, -0.05) is 0 Å². The molecule has 3 rings (SSSR count). The molecule has 21 heavy (non-hydrogen) atoms. The smallest absolute Gasteiger partial charge is 0.339 e.